The lowest BCUT2D eigenvalue weighted by Gasteiger charge is -2.15. The summed E-state index contributed by atoms with van der Waals surface area (Å²) in [4.78, 5) is 0. The van der Waals surface area contributed by atoms with E-state index in [9.17, 15) is 0 Å². The molecule has 1 heteroatoms. The van der Waals surface area contributed by atoms with Crippen LogP contribution < -0.4 is 5.73 Å². The van der Waals surface area contributed by atoms with Crippen molar-refractivity contribution in [2.24, 2.45) is 5.73 Å². The Labute approximate surface area is 72.2 Å². The number of fused-ring (bicyclic) bond motifs is 1. The van der Waals surface area contributed by atoms with Crippen LogP contribution in [0.1, 0.15) is 11.1 Å². The van der Waals surface area contributed by atoms with Gasteiger partial charge in [0.25, 0.3) is 0 Å². The van der Waals surface area contributed by atoms with Gasteiger partial charge >= 0.3 is 0 Å². The molecule has 1 aliphatic rings. The Morgan fingerprint density at radius 3 is 2.83 bits per heavy atom. The molecule has 0 saturated heterocycles. The van der Waals surface area contributed by atoms with Crippen molar-refractivity contribution in [2.75, 3.05) is 0 Å². The summed E-state index contributed by atoms with van der Waals surface area (Å²) in [6.45, 7) is 3.90. The summed E-state index contributed by atoms with van der Waals surface area (Å²) in [6.07, 6.45) is 2.87. The van der Waals surface area contributed by atoms with Gasteiger partial charge in [0.1, 0.15) is 0 Å². The Balaban J connectivity index is 2.56. The number of benzene rings is 1. The molecule has 0 atom stereocenters. The van der Waals surface area contributed by atoms with Gasteiger partial charge in [-0.25, -0.2) is 0 Å². The summed E-state index contributed by atoms with van der Waals surface area (Å²) in [5, 5.41) is 0. The third-order valence-electron chi connectivity index (χ3n) is 2.18. The molecule has 0 radical (unpaired) electrons. The second-order valence-corrected chi connectivity index (χ2v) is 3.08. The molecule has 12 heavy (non-hydrogen) atoms. The first-order valence-electron chi connectivity index (χ1n) is 4.00. The minimum Gasteiger partial charge on any atom is -0.398 e. The van der Waals surface area contributed by atoms with E-state index in [-0.39, 0.29) is 0 Å². The van der Waals surface area contributed by atoms with Gasteiger partial charge < -0.3 is 5.73 Å². The van der Waals surface area contributed by atoms with Gasteiger partial charge in [-0.3, -0.25) is 0 Å². The maximum Gasteiger partial charge on any atom is 0.0350 e. The average Bonchev–Trinajstić information content (AvgIpc) is 2.07. The maximum atomic E-state index is 5.75. The monoisotopic (exact) mass is 157 g/mol. The molecule has 1 aromatic carbocycles. The van der Waals surface area contributed by atoms with Gasteiger partial charge in [0.05, 0.1) is 0 Å². The lowest BCUT2D eigenvalue weighted by Crippen LogP contribution is -2.08. The number of hydrogen-bond donors (Lipinski definition) is 1. The van der Waals surface area contributed by atoms with E-state index in [4.69, 9.17) is 5.73 Å². The fourth-order valence-corrected chi connectivity index (χ4v) is 1.44. The number of allylic oxidation sites excluding steroid dienone is 1. The molecule has 0 aliphatic heterocycles. The van der Waals surface area contributed by atoms with E-state index >= 15 is 0 Å². The summed E-state index contributed by atoms with van der Waals surface area (Å²) in [5.41, 5.74) is 10.1. The third-order valence-corrected chi connectivity index (χ3v) is 2.18. The van der Waals surface area contributed by atoms with E-state index < -0.39 is 0 Å². The molecule has 2 rings (SSSR count). The molecule has 1 nitrogen and oxygen atoms in total. The number of hydrogen-bond acceptors (Lipinski definition) is 1. The highest BCUT2D eigenvalue weighted by molar-refractivity contribution is 5.64. The van der Waals surface area contributed by atoms with Gasteiger partial charge in [0.15, 0.2) is 0 Å². The first kappa shape index (κ1) is 7.17. The van der Waals surface area contributed by atoms with E-state index in [0.717, 1.165) is 17.7 Å². The predicted molar refractivity (Wildman–Crippen MR) is 51.5 cm³/mol. The maximum absolute atomic E-state index is 5.75. The summed E-state index contributed by atoms with van der Waals surface area (Å²) in [5.74, 6) is 0. The molecular weight excluding hydrogens is 146 g/mol. The zero-order valence-corrected chi connectivity index (χ0v) is 6.88. The van der Waals surface area contributed by atoms with E-state index in [1.54, 1.807) is 0 Å². The van der Waals surface area contributed by atoms with Crippen molar-refractivity contribution in [2.45, 2.75) is 6.42 Å². The molecule has 1 aliphatic carbocycles. The SMILES string of the molecule is C=C1Cc2ccccc2C=C1N. The second-order valence-electron chi connectivity index (χ2n) is 3.08. The van der Waals surface area contributed by atoms with Gasteiger partial charge in [-0.2, -0.15) is 0 Å². The molecule has 0 unspecified atom stereocenters. The van der Waals surface area contributed by atoms with Crippen LogP contribution >= 0.6 is 0 Å². The Morgan fingerprint density at radius 1 is 1.25 bits per heavy atom. The first-order chi connectivity index (χ1) is 5.77. The van der Waals surface area contributed by atoms with Gasteiger partial charge in [0, 0.05) is 5.70 Å². The summed E-state index contributed by atoms with van der Waals surface area (Å²) < 4.78 is 0. The molecule has 0 fully saturated rings. The van der Waals surface area contributed by atoms with Crippen molar-refractivity contribution in [3.05, 3.63) is 53.2 Å². The van der Waals surface area contributed by atoms with Crippen molar-refractivity contribution in [1.82, 2.24) is 0 Å². The first-order valence-corrected chi connectivity index (χ1v) is 4.00. The largest absolute Gasteiger partial charge is 0.398 e. The molecule has 0 bridgehead atoms. The fourth-order valence-electron chi connectivity index (χ4n) is 1.44. The minimum absolute atomic E-state index is 0.814. The molecule has 0 heterocycles. The molecular formula is C11H11N. The van der Waals surface area contributed by atoms with Crippen molar-refractivity contribution in [1.29, 1.82) is 0 Å². The smallest absolute Gasteiger partial charge is 0.0350 e. The molecule has 1 aromatic rings. The van der Waals surface area contributed by atoms with Gasteiger partial charge in [0.2, 0.25) is 0 Å². The summed E-state index contributed by atoms with van der Waals surface area (Å²) in [7, 11) is 0. The highest BCUT2D eigenvalue weighted by Crippen LogP contribution is 2.23. The Bertz CT molecular complexity index is 361. The molecule has 0 saturated carbocycles. The van der Waals surface area contributed by atoms with Crippen LogP contribution in [-0.4, -0.2) is 0 Å². The summed E-state index contributed by atoms with van der Waals surface area (Å²) in [6, 6.07) is 8.26. The van der Waals surface area contributed by atoms with E-state index in [1.807, 2.05) is 18.2 Å². The Kier molecular flexibility index (Phi) is 1.51. The van der Waals surface area contributed by atoms with Crippen LogP contribution in [0.15, 0.2) is 42.1 Å². The summed E-state index contributed by atoms with van der Waals surface area (Å²) >= 11 is 0. The second kappa shape index (κ2) is 2.52. The van der Waals surface area contributed by atoms with E-state index in [1.165, 1.54) is 11.1 Å². The lowest BCUT2D eigenvalue weighted by molar-refractivity contribution is 1.11. The van der Waals surface area contributed by atoms with Crippen LogP contribution in [0.3, 0.4) is 0 Å². The molecule has 0 aromatic heterocycles. The highest BCUT2D eigenvalue weighted by Gasteiger charge is 2.09. The predicted octanol–water partition coefficient (Wildman–Crippen LogP) is 2.10. The zero-order chi connectivity index (χ0) is 8.55. The molecule has 60 valence electrons. The van der Waals surface area contributed by atoms with Gasteiger partial charge in [-0.05, 0) is 29.2 Å². The van der Waals surface area contributed by atoms with Crippen molar-refractivity contribution >= 4 is 6.08 Å². The minimum atomic E-state index is 0.814. The Hall–Kier alpha value is -1.50. The van der Waals surface area contributed by atoms with Crippen LogP contribution in [0.2, 0.25) is 0 Å². The van der Waals surface area contributed by atoms with Crippen LogP contribution in [0, 0.1) is 0 Å². The molecule has 2 N–H and O–H groups in total. The quantitative estimate of drug-likeness (QED) is 0.613. The standard InChI is InChI=1S/C11H11N/c1-8-6-9-4-2-3-5-10(9)7-11(8)12/h2-5,7H,1,6,12H2. The highest BCUT2D eigenvalue weighted by atomic mass is 14.6. The van der Waals surface area contributed by atoms with E-state index in [0.29, 0.717) is 0 Å². The topological polar surface area (TPSA) is 26.0 Å². The Morgan fingerprint density at radius 2 is 2.00 bits per heavy atom. The van der Waals surface area contributed by atoms with Crippen molar-refractivity contribution in [3.63, 3.8) is 0 Å². The van der Waals surface area contributed by atoms with Crippen LogP contribution in [0.25, 0.3) is 6.08 Å². The number of nitrogens with two attached hydrogens (primary N) is 1. The number of rotatable bonds is 0. The third kappa shape index (κ3) is 1.03. The lowest BCUT2D eigenvalue weighted by atomic mass is 9.93. The van der Waals surface area contributed by atoms with Gasteiger partial charge in [-0.1, -0.05) is 30.8 Å². The van der Waals surface area contributed by atoms with Gasteiger partial charge in [-0.15, -0.1) is 0 Å². The molecule has 0 spiro atoms. The van der Waals surface area contributed by atoms with Crippen LogP contribution in [-0.2, 0) is 6.42 Å². The fraction of sp³-hybridized carbons (Fsp3) is 0.0909. The van der Waals surface area contributed by atoms with E-state index in [2.05, 4.69) is 18.7 Å². The zero-order valence-electron chi connectivity index (χ0n) is 6.88. The van der Waals surface area contributed by atoms with Crippen molar-refractivity contribution < 1.29 is 0 Å². The normalized spacial score (nSPS) is 15.3. The van der Waals surface area contributed by atoms with Crippen LogP contribution in [0.5, 0.6) is 0 Å². The van der Waals surface area contributed by atoms with Crippen LogP contribution in [0.4, 0.5) is 0 Å². The van der Waals surface area contributed by atoms with Crippen molar-refractivity contribution in [3.8, 4) is 0 Å². The molecule has 0 amide bonds. The average molecular weight is 157 g/mol.